The number of carbonyl (C=O) groups is 2. The number of carboxylic acid groups (broad SMARTS) is 1. The van der Waals surface area contributed by atoms with E-state index >= 15 is 0 Å². The first kappa shape index (κ1) is 14.8. The smallest absolute Gasteiger partial charge is 0.303 e. The molecule has 0 saturated heterocycles. The maximum Gasteiger partial charge on any atom is 0.303 e. The molecule has 2 N–H and O–H groups in total. The van der Waals surface area contributed by atoms with Gasteiger partial charge in [0, 0.05) is 30.6 Å². The normalized spacial score (nSPS) is 10.5. The van der Waals surface area contributed by atoms with E-state index in [4.69, 9.17) is 5.11 Å². The van der Waals surface area contributed by atoms with Crippen molar-refractivity contribution < 1.29 is 14.7 Å². The van der Waals surface area contributed by atoms with Crippen LogP contribution in [0, 0.1) is 0 Å². The molecule has 0 saturated carbocycles. The average molecular weight is 288 g/mol. The van der Waals surface area contributed by atoms with Gasteiger partial charge in [0.05, 0.1) is 5.52 Å². The van der Waals surface area contributed by atoms with Gasteiger partial charge in [-0.25, -0.2) is 0 Å². The molecule has 21 heavy (non-hydrogen) atoms. The number of hydrogen-bond acceptors (Lipinski definition) is 3. The number of fused-ring (bicyclic) bond motifs is 1. The van der Waals surface area contributed by atoms with Crippen molar-refractivity contribution in [3.63, 3.8) is 0 Å². The third-order valence-corrected chi connectivity index (χ3v) is 3.09. The molecule has 6 nitrogen and oxygen atoms in total. The number of nitrogens with zero attached hydrogens (tertiary/aromatic N) is 1. The number of nitrogens with one attached hydrogen (secondary N) is 1. The quantitative estimate of drug-likeness (QED) is 0.776. The van der Waals surface area contributed by atoms with Crippen molar-refractivity contribution in [2.45, 2.75) is 19.4 Å². The average Bonchev–Trinajstić information content (AvgIpc) is 2.47. The first-order valence-corrected chi connectivity index (χ1v) is 6.64. The van der Waals surface area contributed by atoms with E-state index < -0.39 is 5.97 Å². The monoisotopic (exact) mass is 288 g/mol. The Labute approximate surface area is 121 Å². The van der Waals surface area contributed by atoms with Gasteiger partial charge in [0.25, 0.3) is 0 Å². The Hall–Kier alpha value is -2.63. The van der Waals surface area contributed by atoms with Crippen LogP contribution in [0.2, 0.25) is 0 Å². The van der Waals surface area contributed by atoms with Crippen molar-refractivity contribution in [2.24, 2.45) is 0 Å². The molecule has 0 spiro atoms. The van der Waals surface area contributed by atoms with Gasteiger partial charge in [-0.3, -0.25) is 14.4 Å². The van der Waals surface area contributed by atoms with Crippen LogP contribution in [-0.2, 0) is 16.1 Å². The summed E-state index contributed by atoms with van der Waals surface area (Å²) in [5, 5.41) is 11.7. The summed E-state index contributed by atoms with van der Waals surface area (Å²) in [7, 11) is 0. The molecule has 1 amide bonds. The van der Waals surface area contributed by atoms with E-state index in [1.165, 1.54) is 6.07 Å². The summed E-state index contributed by atoms with van der Waals surface area (Å²) in [6, 6.07) is 8.52. The van der Waals surface area contributed by atoms with Gasteiger partial charge in [-0.1, -0.05) is 12.1 Å². The zero-order valence-corrected chi connectivity index (χ0v) is 11.4. The summed E-state index contributed by atoms with van der Waals surface area (Å²) in [5.41, 5.74) is 0.620. The predicted octanol–water partition coefficient (Wildman–Crippen LogP) is 0.982. The maximum absolute atomic E-state index is 11.8. The number of pyridine rings is 1. The zero-order valence-electron chi connectivity index (χ0n) is 11.4. The minimum Gasteiger partial charge on any atom is -0.481 e. The molecule has 110 valence electrons. The van der Waals surface area contributed by atoms with Gasteiger partial charge >= 0.3 is 5.97 Å². The fourth-order valence-electron chi connectivity index (χ4n) is 2.08. The molecule has 6 heteroatoms. The molecule has 0 atom stereocenters. The molecule has 0 aliphatic rings. The summed E-state index contributed by atoms with van der Waals surface area (Å²) >= 11 is 0. The lowest BCUT2D eigenvalue weighted by atomic mass is 10.2. The number of carboxylic acids is 1. The van der Waals surface area contributed by atoms with E-state index in [-0.39, 0.29) is 24.3 Å². The van der Waals surface area contributed by atoms with Crippen molar-refractivity contribution in [2.75, 3.05) is 6.54 Å². The van der Waals surface area contributed by atoms with Crippen LogP contribution < -0.4 is 10.7 Å². The third-order valence-electron chi connectivity index (χ3n) is 3.09. The van der Waals surface area contributed by atoms with Crippen molar-refractivity contribution in [1.29, 1.82) is 0 Å². The van der Waals surface area contributed by atoms with E-state index in [0.29, 0.717) is 23.9 Å². The SMILES string of the molecule is O=C(O)CCCNC(=O)Cn1ccc(=O)c2ccccc21. The molecular weight excluding hydrogens is 272 g/mol. The summed E-state index contributed by atoms with van der Waals surface area (Å²) < 4.78 is 1.70. The molecule has 1 heterocycles. The highest BCUT2D eigenvalue weighted by Crippen LogP contribution is 2.09. The standard InChI is InChI=1S/C15H16N2O4/c18-13-7-9-17(12-5-2-1-4-11(12)13)10-14(19)16-8-3-6-15(20)21/h1-2,4-5,7,9H,3,6,8,10H2,(H,16,19)(H,20,21). The molecule has 1 aromatic heterocycles. The second-order valence-corrected chi connectivity index (χ2v) is 4.67. The van der Waals surface area contributed by atoms with Gasteiger partial charge in [0.1, 0.15) is 6.54 Å². The summed E-state index contributed by atoms with van der Waals surface area (Å²) in [4.78, 5) is 33.9. The molecule has 1 aromatic carbocycles. The third kappa shape index (κ3) is 3.92. The Balaban J connectivity index is 2.03. The van der Waals surface area contributed by atoms with Gasteiger partial charge in [-0.05, 0) is 18.6 Å². The van der Waals surface area contributed by atoms with Crippen LogP contribution in [0.15, 0.2) is 41.3 Å². The summed E-state index contributed by atoms with van der Waals surface area (Å²) in [6.07, 6.45) is 2.01. The van der Waals surface area contributed by atoms with E-state index in [0.717, 1.165) is 0 Å². The van der Waals surface area contributed by atoms with Crippen molar-refractivity contribution in [3.8, 4) is 0 Å². The van der Waals surface area contributed by atoms with E-state index in [2.05, 4.69) is 5.32 Å². The fourth-order valence-corrected chi connectivity index (χ4v) is 2.08. The Morgan fingerprint density at radius 1 is 1.19 bits per heavy atom. The largest absolute Gasteiger partial charge is 0.481 e. The molecule has 0 aliphatic carbocycles. The summed E-state index contributed by atoms with van der Waals surface area (Å²) in [5.74, 6) is -1.09. The first-order valence-electron chi connectivity index (χ1n) is 6.64. The summed E-state index contributed by atoms with van der Waals surface area (Å²) in [6.45, 7) is 0.414. The van der Waals surface area contributed by atoms with E-state index in [9.17, 15) is 14.4 Å². The van der Waals surface area contributed by atoms with E-state index in [1.807, 2.05) is 6.07 Å². The minimum absolute atomic E-state index is 0.0290. The number of rotatable bonds is 6. The van der Waals surface area contributed by atoms with Crippen LogP contribution in [0.4, 0.5) is 0 Å². The van der Waals surface area contributed by atoms with Crippen LogP contribution in [0.25, 0.3) is 10.9 Å². The number of hydrogen-bond donors (Lipinski definition) is 2. The minimum atomic E-state index is -0.879. The van der Waals surface area contributed by atoms with Crippen LogP contribution >= 0.6 is 0 Å². The molecule has 0 aliphatic heterocycles. The number of amides is 1. The van der Waals surface area contributed by atoms with Crippen LogP contribution in [0.3, 0.4) is 0 Å². The lowest BCUT2D eigenvalue weighted by molar-refractivity contribution is -0.137. The van der Waals surface area contributed by atoms with Gasteiger partial charge in [-0.2, -0.15) is 0 Å². The molecule has 0 radical (unpaired) electrons. The topological polar surface area (TPSA) is 88.4 Å². The highest BCUT2D eigenvalue weighted by atomic mass is 16.4. The van der Waals surface area contributed by atoms with Gasteiger partial charge in [0.2, 0.25) is 5.91 Å². The lowest BCUT2D eigenvalue weighted by Crippen LogP contribution is -2.29. The molecule has 0 fully saturated rings. The Kier molecular flexibility index (Phi) is 4.71. The predicted molar refractivity (Wildman–Crippen MR) is 78.1 cm³/mol. The number of aromatic nitrogens is 1. The van der Waals surface area contributed by atoms with Crippen molar-refractivity contribution >= 4 is 22.8 Å². The van der Waals surface area contributed by atoms with Gasteiger partial charge in [-0.15, -0.1) is 0 Å². The molecule has 2 aromatic rings. The number of aliphatic carboxylic acids is 1. The van der Waals surface area contributed by atoms with E-state index in [1.54, 1.807) is 29.0 Å². The second kappa shape index (κ2) is 6.69. The lowest BCUT2D eigenvalue weighted by Gasteiger charge is -2.10. The van der Waals surface area contributed by atoms with Crippen LogP contribution in [0.1, 0.15) is 12.8 Å². The highest BCUT2D eigenvalue weighted by molar-refractivity contribution is 5.82. The van der Waals surface area contributed by atoms with Crippen molar-refractivity contribution in [3.05, 3.63) is 46.8 Å². The Morgan fingerprint density at radius 3 is 2.71 bits per heavy atom. The number of carbonyl (C=O) groups excluding carboxylic acids is 1. The van der Waals surface area contributed by atoms with Gasteiger partial charge < -0.3 is 15.0 Å². The van der Waals surface area contributed by atoms with Crippen molar-refractivity contribution in [1.82, 2.24) is 9.88 Å². The number of benzene rings is 1. The first-order chi connectivity index (χ1) is 10.1. The molecular formula is C15H16N2O4. The number of para-hydroxylation sites is 1. The highest BCUT2D eigenvalue weighted by Gasteiger charge is 2.06. The molecule has 0 unspecified atom stereocenters. The zero-order chi connectivity index (χ0) is 15.2. The Bertz CT molecular complexity index is 721. The molecule has 0 bridgehead atoms. The Morgan fingerprint density at radius 2 is 1.95 bits per heavy atom. The maximum atomic E-state index is 11.8. The fraction of sp³-hybridized carbons (Fsp3) is 0.267. The second-order valence-electron chi connectivity index (χ2n) is 4.67. The van der Waals surface area contributed by atoms with Gasteiger partial charge in [0.15, 0.2) is 5.43 Å². The molecule has 2 rings (SSSR count). The van der Waals surface area contributed by atoms with Crippen LogP contribution in [0.5, 0.6) is 0 Å². The van der Waals surface area contributed by atoms with Crippen LogP contribution in [-0.4, -0.2) is 28.1 Å².